The molecule has 0 aromatic carbocycles. The molecule has 2 atom stereocenters. The van der Waals surface area contributed by atoms with Gasteiger partial charge in [-0.2, -0.15) is 4.21 Å². The zero-order valence-corrected chi connectivity index (χ0v) is 9.80. The standard InChI is InChI=1S/C4H10O3S2.Eu/c1-3-4(2)7-9(5,6)8;/h4H,3H2,1-2H3,(H,5,6,8);. The van der Waals surface area contributed by atoms with Crippen molar-refractivity contribution in [3.05, 3.63) is 0 Å². The first-order valence-corrected chi connectivity index (χ1v) is 4.98. The molecular weight excluding hydrogens is 312 g/mol. The maximum Gasteiger partial charge on any atom is 0.266 e. The van der Waals surface area contributed by atoms with E-state index in [2.05, 4.69) is 15.4 Å². The monoisotopic (exact) mass is 323 g/mol. The molecule has 0 bridgehead atoms. The quantitative estimate of drug-likeness (QED) is 0.840. The molecule has 0 aliphatic heterocycles. The maximum atomic E-state index is 10.3. The Kier molecular flexibility index (Phi) is 9.21. The molecule has 0 aliphatic rings. The van der Waals surface area contributed by atoms with Crippen LogP contribution in [0.3, 0.4) is 0 Å². The fourth-order valence-electron chi connectivity index (χ4n) is 0.276. The van der Waals surface area contributed by atoms with Gasteiger partial charge in [-0.15, -0.1) is 0 Å². The summed E-state index contributed by atoms with van der Waals surface area (Å²) in [6.07, 6.45) is 0.453. The van der Waals surface area contributed by atoms with Crippen LogP contribution >= 0.6 is 0 Å². The van der Waals surface area contributed by atoms with E-state index >= 15 is 0 Å². The second-order valence-corrected chi connectivity index (χ2v) is 4.05. The van der Waals surface area contributed by atoms with E-state index in [0.29, 0.717) is 6.42 Å². The summed E-state index contributed by atoms with van der Waals surface area (Å²) in [4.78, 5) is 0. The van der Waals surface area contributed by atoms with Crippen LogP contribution in [0.1, 0.15) is 20.3 Å². The van der Waals surface area contributed by atoms with E-state index in [4.69, 9.17) is 4.55 Å². The summed E-state index contributed by atoms with van der Waals surface area (Å²) < 4.78 is 23.2. The van der Waals surface area contributed by atoms with Crippen molar-refractivity contribution in [1.82, 2.24) is 0 Å². The molecule has 6 heteroatoms. The second-order valence-electron chi connectivity index (χ2n) is 1.74. The molecule has 0 spiro atoms. The molecule has 0 aromatic heterocycles. The predicted octanol–water partition coefficient (Wildman–Crippen LogP) is 0.936. The van der Waals surface area contributed by atoms with Crippen LogP contribution < -0.4 is 0 Å². The van der Waals surface area contributed by atoms with Gasteiger partial charge in [0.05, 0.1) is 6.10 Å². The van der Waals surface area contributed by atoms with Crippen LogP contribution in [-0.2, 0) is 24.4 Å². The summed E-state index contributed by atoms with van der Waals surface area (Å²) >= 11 is 4.09. The first-order valence-electron chi connectivity index (χ1n) is 2.61. The maximum absolute atomic E-state index is 10.3. The van der Waals surface area contributed by atoms with Gasteiger partial charge in [0.1, 0.15) is 0 Å². The van der Waals surface area contributed by atoms with Crippen LogP contribution in [0.4, 0.5) is 0 Å². The van der Waals surface area contributed by atoms with E-state index in [-0.39, 0.29) is 55.5 Å². The van der Waals surface area contributed by atoms with E-state index in [1.165, 1.54) is 0 Å². The molecular formula is C4H10EuO3S2. The summed E-state index contributed by atoms with van der Waals surface area (Å²) in [5, 5.41) is 0. The Morgan fingerprint density at radius 2 is 2.20 bits per heavy atom. The largest absolute Gasteiger partial charge is 0.285 e. The third-order valence-electron chi connectivity index (χ3n) is 0.861. The molecule has 0 aliphatic carbocycles. The molecule has 0 saturated carbocycles. The molecule has 63 valence electrons. The SMILES string of the molecule is CCC(C)OS(=O)(O)=S.[Eu]. The van der Waals surface area contributed by atoms with Crippen molar-refractivity contribution >= 4 is 20.2 Å². The van der Waals surface area contributed by atoms with Crippen LogP contribution in [-0.4, -0.2) is 14.9 Å². The Morgan fingerprint density at radius 1 is 1.80 bits per heavy atom. The van der Waals surface area contributed by atoms with Gasteiger partial charge in [0.25, 0.3) is 9.05 Å². The predicted molar refractivity (Wildman–Crippen MR) is 39.0 cm³/mol. The Hall–Kier alpha value is 1.87. The minimum Gasteiger partial charge on any atom is -0.285 e. The molecule has 0 amide bonds. The van der Waals surface area contributed by atoms with Gasteiger partial charge in [-0.1, -0.05) is 6.92 Å². The second kappa shape index (κ2) is 6.40. The third kappa shape index (κ3) is 9.87. The van der Waals surface area contributed by atoms with Gasteiger partial charge in [-0.05, 0) is 13.3 Å². The van der Waals surface area contributed by atoms with Gasteiger partial charge < -0.3 is 0 Å². The van der Waals surface area contributed by atoms with Gasteiger partial charge in [0, 0.05) is 60.6 Å². The van der Waals surface area contributed by atoms with Crippen LogP contribution in [0.5, 0.6) is 0 Å². The van der Waals surface area contributed by atoms with E-state index < -0.39 is 9.05 Å². The van der Waals surface area contributed by atoms with Crippen LogP contribution in [0, 0.1) is 49.4 Å². The van der Waals surface area contributed by atoms with Gasteiger partial charge in [-0.3, -0.25) is 8.74 Å². The number of rotatable bonds is 3. The zero-order chi connectivity index (χ0) is 7.49. The molecule has 1 N–H and O–H groups in total. The van der Waals surface area contributed by atoms with Crippen molar-refractivity contribution in [2.24, 2.45) is 0 Å². The van der Waals surface area contributed by atoms with Crippen molar-refractivity contribution < 1.29 is 62.3 Å². The molecule has 0 saturated heterocycles. The zero-order valence-electron chi connectivity index (χ0n) is 5.74. The Labute approximate surface area is 107 Å². The minimum atomic E-state index is -3.40. The number of hydrogen-bond acceptors (Lipinski definition) is 3. The summed E-state index contributed by atoms with van der Waals surface area (Å²) in [5.41, 5.74) is 0. The molecule has 2 unspecified atom stereocenters. The van der Waals surface area contributed by atoms with Gasteiger partial charge >= 0.3 is 0 Å². The molecule has 3 nitrogen and oxygen atoms in total. The number of hydrogen-bond donors (Lipinski definition) is 1. The summed E-state index contributed by atoms with van der Waals surface area (Å²) in [6.45, 7) is 3.55. The fourth-order valence-corrected chi connectivity index (χ4v) is 1.23. The van der Waals surface area contributed by atoms with Gasteiger partial charge in [0.15, 0.2) is 0 Å². The Bertz CT molecular complexity index is 165. The van der Waals surface area contributed by atoms with Crippen molar-refractivity contribution in [3.8, 4) is 0 Å². The minimum absolute atomic E-state index is 0. The molecule has 0 fully saturated rings. The smallest absolute Gasteiger partial charge is 0.266 e. The van der Waals surface area contributed by atoms with E-state index in [1.54, 1.807) is 6.92 Å². The topological polar surface area (TPSA) is 46.5 Å². The van der Waals surface area contributed by atoms with Gasteiger partial charge in [0.2, 0.25) is 0 Å². The van der Waals surface area contributed by atoms with Crippen molar-refractivity contribution in [2.75, 3.05) is 0 Å². The Balaban J connectivity index is 0. The average Bonchev–Trinajstić information content (AvgIpc) is 1.62. The fraction of sp³-hybridized carbons (Fsp3) is 1.00. The molecule has 10 heavy (non-hydrogen) atoms. The molecule has 1 radical (unpaired) electrons. The molecule has 0 aromatic rings. The van der Waals surface area contributed by atoms with E-state index in [1.807, 2.05) is 6.92 Å². The molecule has 0 rings (SSSR count). The van der Waals surface area contributed by atoms with Crippen LogP contribution in [0.15, 0.2) is 0 Å². The van der Waals surface area contributed by atoms with Crippen molar-refractivity contribution in [2.45, 2.75) is 26.4 Å². The van der Waals surface area contributed by atoms with E-state index in [0.717, 1.165) is 0 Å². The first kappa shape index (κ1) is 14.4. The summed E-state index contributed by atoms with van der Waals surface area (Å²) in [7, 11) is -3.40. The summed E-state index contributed by atoms with van der Waals surface area (Å²) in [5.74, 6) is 0. The van der Waals surface area contributed by atoms with E-state index in [9.17, 15) is 4.21 Å². The third-order valence-corrected chi connectivity index (χ3v) is 1.67. The van der Waals surface area contributed by atoms with Crippen molar-refractivity contribution in [1.29, 1.82) is 0 Å². The normalized spacial score (nSPS) is 18.7. The average molecular weight is 322 g/mol. The van der Waals surface area contributed by atoms with Gasteiger partial charge in [-0.25, -0.2) is 0 Å². The summed E-state index contributed by atoms with van der Waals surface area (Å²) in [6, 6.07) is 0. The molecule has 0 heterocycles. The Morgan fingerprint density at radius 3 is 2.30 bits per heavy atom. The van der Waals surface area contributed by atoms with Crippen LogP contribution in [0.25, 0.3) is 0 Å². The van der Waals surface area contributed by atoms with Crippen molar-refractivity contribution in [3.63, 3.8) is 0 Å². The first-order chi connectivity index (χ1) is 3.95. The van der Waals surface area contributed by atoms with Crippen LogP contribution in [0.2, 0.25) is 0 Å².